The van der Waals surface area contributed by atoms with Crippen LogP contribution in [0.25, 0.3) is 0 Å². The summed E-state index contributed by atoms with van der Waals surface area (Å²) in [5, 5.41) is 0. The van der Waals surface area contributed by atoms with E-state index in [1.54, 1.807) is 11.1 Å². The van der Waals surface area contributed by atoms with Crippen LogP contribution in [0.1, 0.15) is 46.0 Å². The molecule has 0 amide bonds. The number of fused-ring (bicyclic) bond motifs is 2. The molecule has 0 aromatic heterocycles. The maximum atomic E-state index is 4.44. The lowest BCUT2D eigenvalue weighted by Gasteiger charge is -2.57. The highest BCUT2D eigenvalue weighted by Gasteiger charge is 2.55. The van der Waals surface area contributed by atoms with Crippen LogP contribution in [-0.2, 0) is 0 Å². The summed E-state index contributed by atoms with van der Waals surface area (Å²) in [5.41, 5.74) is 4.16. The van der Waals surface area contributed by atoms with Crippen LogP contribution in [0.5, 0.6) is 0 Å². The molecule has 14 heavy (non-hydrogen) atoms. The summed E-state index contributed by atoms with van der Waals surface area (Å²) in [5.74, 6) is 0.876. The highest BCUT2D eigenvalue weighted by atomic mass is 14.6. The molecule has 2 atom stereocenters. The topological polar surface area (TPSA) is 0 Å². The molecule has 2 unspecified atom stereocenters. The second kappa shape index (κ2) is 2.35. The van der Waals surface area contributed by atoms with Crippen molar-refractivity contribution in [1.29, 1.82) is 0 Å². The maximum absolute atomic E-state index is 4.44. The Labute approximate surface area is 87.1 Å². The van der Waals surface area contributed by atoms with Crippen molar-refractivity contribution in [1.82, 2.24) is 0 Å². The number of rotatable bonds is 0. The Morgan fingerprint density at radius 1 is 1.36 bits per heavy atom. The molecule has 0 saturated heterocycles. The normalized spacial score (nSPS) is 43.7. The number of hydrogen-bond donors (Lipinski definition) is 0. The van der Waals surface area contributed by atoms with E-state index in [0.29, 0.717) is 10.8 Å². The van der Waals surface area contributed by atoms with Crippen molar-refractivity contribution in [2.75, 3.05) is 0 Å². The van der Waals surface area contributed by atoms with Crippen LogP contribution in [-0.4, -0.2) is 0 Å². The Morgan fingerprint density at radius 2 is 2.14 bits per heavy atom. The molecule has 3 saturated carbocycles. The molecule has 0 nitrogen and oxygen atoms in total. The van der Waals surface area contributed by atoms with Gasteiger partial charge in [0, 0.05) is 5.41 Å². The largest absolute Gasteiger partial charge is 0.0984 e. The zero-order chi connectivity index (χ0) is 9.97. The highest BCUT2D eigenvalue weighted by Crippen LogP contribution is 2.67. The van der Waals surface area contributed by atoms with Crippen LogP contribution in [0.4, 0.5) is 0 Å². The van der Waals surface area contributed by atoms with Gasteiger partial charge in [-0.25, -0.2) is 0 Å². The van der Waals surface area contributed by atoms with Crippen LogP contribution >= 0.6 is 0 Å². The Bertz CT molecular complexity index is 332. The molecule has 0 N–H and O–H groups in total. The van der Waals surface area contributed by atoms with Gasteiger partial charge in [-0.1, -0.05) is 37.6 Å². The zero-order valence-electron chi connectivity index (χ0n) is 9.40. The van der Waals surface area contributed by atoms with Crippen LogP contribution in [0.15, 0.2) is 23.8 Å². The summed E-state index contributed by atoms with van der Waals surface area (Å²) in [6.45, 7) is 9.27. The predicted octanol–water partition coefficient (Wildman–Crippen LogP) is 4.09. The molecular formula is C14H20. The van der Waals surface area contributed by atoms with Crippen molar-refractivity contribution >= 4 is 0 Å². The lowest BCUT2D eigenvalue weighted by Crippen LogP contribution is -2.47. The van der Waals surface area contributed by atoms with Crippen molar-refractivity contribution < 1.29 is 0 Å². The lowest BCUT2D eigenvalue weighted by molar-refractivity contribution is 0.0861. The molecule has 0 heteroatoms. The van der Waals surface area contributed by atoms with Crippen LogP contribution in [0.2, 0.25) is 0 Å². The summed E-state index contributed by atoms with van der Waals surface area (Å²) in [4.78, 5) is 0. The van der Waals surface area contributed by atoms with Gasteiger partial charge < -0.3 is 0 Å². The van der Waals surface area contributed by atoms with E-state index in [4.69, 9.17) is 0 Å². The van der Waals surface area contributed by atoms with E-state index in [2.05, 4.69) is 26.5 Å². The van der Waals surface area contributed by atoms with E-state index in [0.717, 1.165) is 5.92 Å². The number of allylic oxidation sites excluding steroid dienone is 3. The second-order valence-corrected chi connectivity index (χ2v) is 5.99. The molecule has 4 aliphatic carbocycles. The van der Waals surface area contributed by atoms with E-state index in [1.807, 2.05) is 0 Å². The molecule has 0 aromatic carbocycles. The SMILES string of the molecule is C=C1C23CCC=C2CC(CC3)C1(C)C. The third-order valence-electron chi connectivity index (χ3n) is 5.34. The van der Waals surface area contributed by atoms with Gasteiger partial charge in [0.15, 0.2) is 0 Å². The van der Waals surface area contributed by atoms with E-state index in [-0.39, 0.29) is 0 Å². The van der Waals surface area contributed by atoms with E-state index in [9.17, 15) is 0 Å². The first-order chi connectivity index (χ1) is 6.57. The first kappa shape index (κ1) is 8.76. The van der Waals surface area contributed by atoms with Gasteiger partial charge in [-0.15, -0.1) is 0 Å². The summed E-state index contributed by atoms with van der Waals surface area (Å²) < 4.78 is 0. The fourth-order valence-corrected chi connectivity index (χ4v) is 4.18. The van der Waals surface area contributed by atoms with E-state index < -0.39 is 0 Å². The third kappa shape index (κ3) is 0.769. The van der Waals surface area contributed by atoms with Crippen molar-refractivity contribution in [3.05, 3.63) is 23.8 Å². The smallest absolute Gasteiger partial charge is 0.0126 e. The van der Waals surface area contributed by atoms with Gasteiger partial charge >= 0.3 is 0 Å². The van der Waals surface area contributed by atoms with Gasteiger partial charge in [-0.3, -0.25) is 0 Å². The Hall–Kier alpha value is -0.520. The van der Waals surface area contributed by atoms with Crippen molar-refractivity contribution in [2.45, 2.75) is 46.0 Å². The van der Waals surface area contributed by atoms with Crippen molar-refractivity contribution in [3.8, 4) is 0 Å². The zero-order valence-corrected chi connectivity index (χ0v) is 9.40. The molecule has 4 aliphatic rings. The first-order valence-electron chi connectivity index (χ1n) is 5.97. The van der Waals surface area contributed by atoms with Crippen molar-refractivity contribution in [3.63, 3.8) is 0 Å². The summed E-state index contributed by atoms with van der Waals surface area (Å²) >= 11 is 0. The van der Waals surface area contributed by atoms with Gasteiger partial charge in [0.1, 0.15) is 0 Å². The van der Waals surface area contributed by atoms with Gasteiger partial charge in [0.2, 0.25) is 0 Å². The molecule has 4 rings (SSSR count). The summed E-state index contributed by atoms with van der Waals surface area (Å²) in [6, 6.07) is 0. The molecular weight excluding hydrogens is 168 g/mol. The minimum Gasteiger partial charge on any atom is -0.0984 e. The second-order valence-electron chi connectivity index (χ2n) is 5.99. The fraction of sp³-hybridized carbons (Fsp3) is 0.714. The molecule has 0 radical (unpaired) electrons. The molecule has 2 bridgehead atoms. The molecule has 0 heterocycles. The van der Waals surface area contributed by atoms with E-state index >= 15 is 0 Å². The van der Waals surface area contributed by atoms with E-state index in [1.165, 1.54) is 32.1 Å². The average molecular weight is 188 g/mol. The predicted molar refractivity (Wildman–Crippen MR) is 60.0 cm³/mol. The molecule has 1 spiro atoms. The highest BCUT2D eigenvalue weighted by molar-refractivity contribution is 5.42. The molecule has 0 aromatic rings. The minimum atomic E-state index is 0.403. The monoisotopic (exact) mass is 188 g/mol. The average Bonchev–Trinajstić information content (AvgIpc) is 2.57. The number of hydrogen-bond acceptors (Lipinski definition) is 0. The first-order valence-corrected chi connectivity index (χ1v) is 5.97. The maximum Gasteiger partial charge on any atom is 0.0126 e. The summed E-state index contributed by atoms with van der Waals surface area (Å²) in [7, 11) is 0. The molecule has 3 fully saturated rings. The van der Waals surface area contributed by atoms with Gasteiger partial charge in [0.25, 0.3) is 0 Å². The van der Waals surface area contributed by atoms with Gasteiger partial charge in [-0.2, -0.15) is 0 Å². The fourth-order valence-electron chi connectivity index (χ4n) is 4.18. The Kier molecular flexibility index (Phi) is 1.47. The van der Waals surface area contributed by atoms with Gasteiger partial charge in [0.05, 0.1) is 0 Å². The quantitative estimate of drug-likeness (QED) is 0.502. The van der Waals surface area contributed by atoms with Gasteiger partial charge in [-0.05, 0) is 43.4 Å². The van der Waals surface area contributed by atoms with Crippen LogP contribution < -0.4 is 0 Å². The van der Waals surface area contributed by atoms with Crippen molar-refractivity contribution in [2.24, 2.45) is 16.7 Å². The molecule has 76 valence electrons. The molecule has 0 aliphatic heterocycles. The Balaban J connectivity index is 2.14. The Morgan fingerprint density at radius 3 is 2.93 bits per heavy atom. The third-order valence-corrected chi connectivity index (χ3v) is 5.34. The minimum absolute atomic E-state index is 0.403. The lowest BCUT2D eigenvalue weighted by atomic mass is 9.47. The standard InChI is InChI=1S/C14H20/c1-10-13(2,3)11-6-8-14(10)7-4-5-12(14)9-11/h5,11H,1,4,6-9H2,2-3H3. The van der Waals surface area contributed by atoms with Crippen LogP contribution in [0.3, 0.4) is 0 Å². The van der Waals surface area contributed by atoms with Crippen LogP contribution in [0, 0.1) is 16.7 Å². The summed E-state index contributed by atoms with van der Waals surface area (Å²) in [6.07, 6.45) is 9.36.